The van der Waals surface area contributed by atoms with Gasteiger partial charge in [-0.3, -0.25) is 4.21 Å². The highest BCUT2D eigenvalue weighted by molar-refractivity contribution is 7.84. The molecule has 0 radical (unpaired) electrons. The molecular weight excluding hydrogens is 220 g/mol. The third kappa shape index (κ3) is 5.41. The van der Waals surface area contributed by atoms with Gasteiger partial charge >= 0.3 is 0 Å². The van der Waals surface area contributed by atoms with Crippen LogP contribution in [0.25, 0.3) is 0 Å². The first-order valence-electron chi connectivity index (χ1n) is 6.57. The van der Waals surface area contributed by atoms with Crippen molar-refractivity contribution >= 4 is 10.8 Å². The van der Waals surface area contributed by atoms with Crippen LogP contribution in [0.4, 0.5) is 0 Å². The fourth-order valence-corrected chi connectivity index (χ4v) is 2.95. The molecule has 0 saturated carbocycles. The van der Waals surface area contributed by atoms with E-state index in [0.717, 1.165) is 37.7 Å². The number of rotatable bonds is 6. The van der Waals surface area contributed by atoms with E-state index in [0.29, 0.717) is 6.04 Å². The van der Waals surface area contributed by atoms with Crippen LogP contribution >= 0.6 is 0 Å². The van der Waals surface area contributed by atoms with Crippen molar-refractivity contribution in [3.8, 4) is 0 Å². The van der Waals surface area contributed by atoms with Crippen LogP contribution in [0.1, 0.15) is 33.1 Å². The van der Waals surface area contributed by atoms with Crippen LogP contribution in [-0.2, 0) is 10.8 Å². The summed E-state index contributed by atoms with van der Waals surface area (Å²) in [5.41, 5.74) is 0. The van der Waals surface area contributed by atoms with Gasteiger partial charge < -0.3 is 10.2 Å². The first kappa shape index (κ1) is 14.1. The normalized spacial score (nSPS) is 25.2. The summed E-state index contributed by atoms with van der Waals surface area (Å²) >= 11 is 0. The Hall–Kier alpha value is 0.0700. The molecule has 1 heterocycles. The summed E-state index contributed by atoms with van der Waals surface area (Å²) < 4.78 is 11.4. The lowest BCUT2D eigenvalue weighted by molar-refractivity contribution is 0.277. The zero-order chi connectivity index (χ0) is 11.8. The van der Waals surface area contributed by atoms with Crippen LogP contribution in [0.5, 0.6) is 0 Å². The molecule has 2 atom stereocenters. The number of nitrogens with zero attached hydrogens (tertiary/aromatic N) is 1. The van der Waals surface area contributed by atoms with Crippen LogP contribution in [0.2, 0.25) is 0 Å². The van der Waals surface area contributed by atoms with E-state index in [2.05, 4.69) is 17.1 Å². The average Bonchev–Trinajstić information content (AvgIpc) is 2.52. The predicted molar refractivity (Wildman–Crippen MR) is 71.3 cm³/mol. The molecule has 1 fully saturated rings. The number of nitrogens with one attached hydrogen (secondary N) is 1. The minimum atomic E-state index is -0.611. The summed E-state index contributed by atoms with van der Waals surface area (Å²) in [4.78, 5) is 2.48. The van der Waals surface area contributed by atoms with Crippen molar-refractivity contribution in [2.75, 3.05) is 37.7 Å². The zero-order valence-electron chi connectivity index (χ0n) is 10.7. The lowest BCUT2D eigenvalue weighted by Crippen LogP contribution is -2.39. The summed E-state index contributed by atoms with van der Waals surface area (Å²) in [6.45, 7) is 8.67. The van der Waals surface area contributed by atoms with Crippen LogP contribution in [0.3, 0.4) is 0 Å². The van der Waals surface area contributed by atoms with Gasteiger partial charge in [0, 0.05) is 41.4 Å². The maximum absolute atomic E-state index is 11.4. The second-order valence-electron chi connectivity index (χ2n) is 4.53. The van der Waals surface area contributed by atoms with E-state index in [4.69, 9.17) is 0 Å². The Morgan fingerprint density at radius 3 is 2.94 bits per heavy atom. The SMILES string of the molecule is CCCC1CN(CCS(=O)CC)CCCN1. The molecule has 2 unspecified atom stereocenters. The summed E-state index contributed by atoms with van der Waals surface area (Å²) in [6.07, 6.45) is 3.72. The maximum atomic E-state index is 11.4. The molecule has 0 aromatic rings. The highest BCUT2D eigenvalue weighted by atomic mass is 32.2. The van der Waals surface area contributed by atoms with E-state index < -0.39 is 10.8 Å². The average molecular weight is 246 g/mol. The third-order valence-corrected chi connectivity index (χ3v) is 4.44. The van der Waals surface area contributed by atoms with Gasteiger partial charge in [-0.25, -0.2) is 0 Å². The van der Waals surface area contributed by atoms with E-state index in [1.807, 2.05) is 6.92 Å². The molecule has 0 bridgehead atoms. The molecule has 0 spiro atoms. The van der Waals surface area contributed by atoms with Gasteiger partial charge in [0.1, 0.15) is 0 Å². The van der Waals surface area contributed by atoms with Crippen molar-refractivity contribution in [3.05, 3.63) is 0 Å². The van der Waals surface area contributed by atoms with Gasteiger partial charge in [0.05, 0.1) is 0 Å². The molecule has 96 valence electrons. The molecule has 0 aromatic heterocycles. The minimum Gasteiger partial charge on any atom is -0.313 e. The molecule has 4 heteroatoms. The fraction of sp³-hybridized carbons (Fsp3) is 1.00. The van der Waals surface area contributed by atoms with Gasteiger partial charge in [-0.2, -0.15) is 0 Å². The molecule has 0 aliphatic carbocycles. The van der Waals surface area contributed by atoms with Gasteiger partial charge in [0.25, 0.3) is 0 Å². The lowest BCUT2D eigenvalue weighted by atomic mass is 10.1. The summed E-state index contributed by atoms with van der Waals surface area (Å²) in [5.74, 6) is 1.64. The van der Waals surface area contributed by atoms with Gasteiger partial charge in [0.2, 0.25) is 0 Å². The number of hydrogen-bond acceptors (Lipinski definition) is 3. The highest BCUT2D eigenvalue weighted by Gasteiger charge is 2.16. The van der Waals surface area contributed by atoms with Gasteiger partial charge in [-0.05, 0) is 25.9 Å². The molecule has 0 aromatic carbocycles. The third-order valence-electron chi connectivity index (χ3n) is 3.16. The highest BCUT2D eigenvalue weighted by Crippen LogP contribution is 2.05. The Morgan fingerprint density at radius 2 is 2.25 bits per heavy atom. The van der Waals surface area contributed by atoms with Gasteiger partial charge in [-0.15, -0.1) is 0 Å². The largest absolute Gasteiger partial charge is 0.313 e. The molecule has 3 nitrogen and oxygen atoms in total. The van der Waals surface area contributed by atoms with Crippen molar-refractivity contribution in [1.82, 2.24) is 10.2 Å². The quantitative estimate of drug-likeness (QED) is 0.765. The molecule has 1 N–H and O–H groups in total. The van der Waals surface area contributed by atoms with Crippen molar-refractivity contribution in [1.29, 1.82) is 0 Å². The van der Waals surface area contributed by atoms with Crippen LogP contribution < -0.4 is 5.32 Å². The van der Waals surface area contributed by atoms with E-state index in [9.17, 15) is 4.21 Å². The first-order valence-corrected chi connectivity index (χ1v) is 8.05. The molecule has 1 rings (SSSR count). The van der Waals surface area contributed by atoms with E-state index in [-0.39, 0.29) is 0 Å². The molecule has 1 aliphatic heterocycles. The summed E-state index contributed by atoms with van der Waals surface area (Å²) in [7, 11) is -0.611. The Balaban J connectivity index is 2.30. The smallest absolute Gasteiger partial charge is 0.0362 e. The minimum absolute atomic E-state index is 0.611. The zero-order valence-corrected chi connectivity index (χ0v) is 11.5. The van der Waals surface area contributed by atoms with E-state index in [1.54, 1.807) is 0 Å². The van der Waals surface area contributed by atoms with Crippen LogP contribution in [0, 0.1) is 0 Å². The Labute approximate surface area is 102 Å². The van der Waals surface area contributed by atoms with Crippen molar-refractivity contribution < 1.29 is 4.21 Å². The second-order valence-corrected chi connectivity index (χ2v) is 6.39. The topological polar surface area (TPSA) is 32.3 Å². The molecule has 16 heavy (non-hydrogen) atoms. The second kappa shape index (κ2) is 8.20. The van der Waals surface area contributed by atoms with Gasteiger partial charge in [0.15, 0.2) is 0 Å². The van der Waals surface area contributed by atoms with Crippen LogP contribution in [0.15, 0.2) is 0 Å². The fourth-order valence-electron chi connectivity index (χ4n) is 2.20. The van der Waals surface area contributed by atoms with Crippen molar-refractivity contribution in [2.45, 2.75) is 39.2 Å². The maximum Gasteiger partial charge on any atom is 0.0362 e. The van der Waals surface area contributed by atoms with Crippen LogP contribution in [-0.4, -0.2) is 52.8 Å². The number of hydrogen-bond donors (Lipinski definition) is 1. The van der Waals surface area contributed by atoms with Crippen molar-refractivity contribution in [2.24, 2.45) is 0 Å². The van der Waals surface area contributed by atoms with E-state index >= 15 is 0 Å². The Morgan fingerprint density at radius 1 is 1.44 bits per heavy atom. The molecule has 0 amide bonds. The van der Waals surface area contributed by atoms with E-state index in [1.165, 1.54) is 19.3 Å². The first-order chi connectivity index (χ1) is 7.76. The Kier molecular flexibility index (Phi) is 7.25. The summed E-state index contributed by atoms with van der Waals surface area (Å²) in [5, 5.41) is 3.60. The summed E-state index contributed by atoms with van der Waals surface area (Å²) in [6, 6.07) is 0.641. The van der Waals surface area contributed by atoms with Crippen molar-refractivity contribution in [3.63, 3.8) is 0 Å². The lowest BCUT2D eigenvalue weighted by Gasteiger charge is -2.23. The predicted octanol–water partition coefficient (Wildman–Crippen LogP) is 1.22. The monoisotopic (exact) mass is 246 g/mol. The molecule has 1 aliphatic rings. The van der Waals surface area contributed by atoms with Gasteiger partial charge in [-0.1, -0.05) is 20.3 Å². The standard InChI is InChI=1S/C12H26N2OS/c1-3-6-12-11-14(8-5-7-13-12)9-10-16(15)4-2/h12-13H,3-11H2,1-2H3. The molecular formula is C12H26N2OS. The Bertz CT molecular complexity index is 211. The molecule has 1 saturated heterocycles.